The molecule has 5 N–H and O–H groups in total. The van der Waals surface area contributed by atoms with Crippen LogP contribution in [-0.4, -0.2) is 71.1 Å². The number of amides is 2. The van der Waals surface area contributed by atoms with Crippen molar-refractivity contribution in [1.29, 1.82) is 0 Å². The summed E-state index contributed by atoms with van der Waals surface area (Å²) in [5.74, 6) is -2.79. The van der Waals surface area contributed by atoms with E-state index in [2.05, 4.69) is 28.8 Å². The van der Waals surface area contributed by atoms with Crippen molar-refractivity contribution >= 4 is 41.6 Å². The number of carbonyl (C=O) groups is 4. The van der Waals surface area contributed by atoms with Crippen molar-refractivity contribution in [2.24, 2.45) is 4.99 Å². The molecule has 3 aliphatic heterocycles. The van der Waals surface area contributed by atoms with Crippen molar-refractivity contribution in [2.45, 2.75) is 52.7 Å². The number of aliphatic carboxylic acids is 2. The van der Waals surface area contributed by atoms with Gasteiger partial charge >= 0.3 is 11.9 Å². The fourth-order valence-electron chi connectivity index (χ4n) is 5.66. The van der Waals surface area contributed by atoms with Crippen LogP contribution in [0.5, 0.6) is 0 Å². The first-order valence-electron chi connectivity index (χ1n) is 14.7. The lowest BCUT2D eigenvalue weighted by Gasteiger charge is -2.14. The Bertz CT molecular complexity index is 1830. The third kappa shape index (κ3) is 6.79. The summed E-state index contributed by atoms with van der Waals surface area (Å²) in [6, 6.07) is 0. The predicted molar refractivity (Wildman–Crippen MR) is 177 cm³/mol. The maximum absolute atomic E-state index is 12.4. The second-order valence-corrected chi connectivity index (χ2v) is 11.2. The maximum Gasteiger partial charge on any atom is 0.333 e. The summed E-state index contributed by atoms with van der Waals surface area (Å²) in [6.07, 6.45) is 6.01. The molecule has 4 rings (SSSR count). The topological polar surface area (TPSA) is 179 Å². The second-order valence-electron chi connectivity index (χ2n) is 11.2. The molecular weight excluding hydrogens is 604 g/mol. The minimum absolute atomic E-state index is 0.000727. The van der Waals surface area contributed by atoms with Crippen LogP contribution in [-0.2, 0) is 35.1 Å². The largest absolute Gasteiger partial charge is 0.479 e. The van der Waals surface area contributed by atoms with E-state index in [1.807, 2.05) is 6.92 Å². The molecule has 0 bridgehead atoms. The summed E-state index contributed by atoms with van der Waals surface area (Å²) in [4.78, 5) is 56.9. The van der Waals surface area contributed by atoms with Gasteiger partial charge in [0.15, 0.2) is 12.2 Å². The number of allylic oxidation sites excluding steroid dienone is 5. The van der Waals surface area contributed by atoms with E-state index in [4.69, 9.17) is 14.5 Å². The third-order valence-electron chi connectivity index (χ3n) is 8.56. The third-order valence-corrected chi connectivity index (χ3v) is 8.56. The first-order valence-corrected chi connectivity index (χ1v) is 14.7. The molecule has 12 heteroatoms. The average molecular weight is 643 g/mol. The van der Waals surface area contributed by atoms with Gasteiger partial charge in [0.25, 0.3) is 11.8 Å². The zero-order chi connectivity index (χ0) is 34.7. The number of carboxylic acid groups (broad SMARTS) is 2. The Kier molecular flexibility index (Phi) is 10.3. The molecule has 0 saturated heterocycles. The SMILES string of the molecule is C=CC1=C(C)C(=O)N/C1=C\C1=NC(=Cc2[nH]c(/C=C3\NC(=O)C(C)=C3C=C)c(C)c2CC(OC)C(=O)O)C(CC(OC)C(=O)O)=C1C. The van der Waals surface area contributed by atoms with Crippen LogP contribution in [0.15, 0.2) is 86.9 Å². The number of nitrogens with one attached hydrogen (secondary N) is 3. The molecule has 2 atom stereocenters. The smallest absolute Gasteiger partial charge is 0.333 e. The van der Waals surface area contributed by atoms with Gasteiger partial charge in [0.2, 0.25) is 0 Å². The number of ether oxygens (including phenoxy) is 2. The summed E-state index contributed by atoms with van der Waals surface area (Å²) in [7, 11) is 2.63. The number of rotatable bonds is 13. The van der Waals surface area contributed by atoms with Crippen molar-refractivity contribution in [3.63, 3.8) is 0 Å². The summed E-state index contributed by atoms with van der Waals surface area (Å²) in [5, 5.41) is 25.2. The second kappa shape index (κ2) is 14.0. The van der Waals surface area contributed by atoms with E-state index < -0.39 is 24.1 Å². The molecule has 0 saturated carbocycles. The number of aliphatic imine (C=N–C) groups is 1. The lowest BCUT2D eigenvalue weighted by atomic mass is 9.97. The summed E-state index contributed by atoms with van der Waals surface area (Å²) >= 11 is 0. The molecule has 2 unspecified atom stereocenters. The molecular formula is C35H38N4O8. The number of aromatic amines is 1. The van der Waals surface area contributed by atoms with Crippen LogP contribution in [0.25, 0.3) is 12.2 Å². The highest BCUT2D eigenvalue weighted by atomic mass is 16.5. The molecule has 0 spiro atoms. The zero-order valence-corrected chi connectivity index (χ0v) is 27.2. The van der Waals surface area contributed by atoms with Crippen LogP contribution in [0, 0.1) is 6.92 Å². The average Bonchev–Trinajstić information content (AvgIpc) is 3.67. The van der Waals surface area contributed by atoms with E-state index in [0.717, 1.165) is 0 Å². The molecule has 3 aliphatic rings. The Balaban J connectivity index is 1.93. The Morgan fingerprint density at radius 1 is 0.787 bits per heavy atom. The summed E-state index contributed by atoms with van der Waals surface area (Å²) < 4.78 is 10.5. The number of hydrogen-bond donors (Lipinski definition) is 5. The van der Waals surface area contributed by atoms with Crippen molar-refractivity contribution in [3.8, 4) is 0 Å². The number of methoxy groups -OCH3 is 2. The Morgan fingerprint density at radius 3 is 1.79 bits per heavy atom. The molecule has 0 aliphatic carbocycles. The monoisotopic (exact) mass is 642 g/mol. The van der Waals surface area contributed by atoms with Crippen molar-refractivity contribution < 1.29 is 38.9 Å². The van der Waals surface area contributed by atoms with Crippen LogP contribution in [0.1, 0.15) is 49.7 Å². The number of carboxylic acids is 2. The minimum atomic E-state index is -1.17. The molecule has 12 nitrogen and oxygen atoms in total. The van der Waals surface area contributed by atoms with Gasteiger partial charge in [-0.3, -0.25) is 9.59 Å². The molecule has 1 aromatic heterocycles. The first kappa shape index (κ1) is 34.5. The van der Waals surface area contributed by atoms with Gasteiger partial charge in [-0.2, -0.15) is 0 Å². The van der Waals surface area contributed by atoms with Gasteiger partial charge in [-0.1, -0.05) is 25.3 Å². The Morgan fingerprint density at radius 2 is 1.30 bits per heavy atom. The van der Waals surface area contributed by atoms with Crippen LogP contribution >= 0.6 is 0 Å². The summed E-state index contributed by atoms with van der Waals surface area (Å²) in [6.45, 7) is 14.7. The number of carbonyl (C=O) groups excluding carboxylic acids is 2. The first-order chi connectivity index (χ1) is 22.3. The van der Waals surface area contributed by atoms with Crippen molar-refractivity contribution in [1.82, 2.24) is 15.6 Å². The highest BCUT2D eigenvalue weighted by Crippen LogP contribution is 2.35. The van der Waals surface area contributed by atoms with E-state index in [-0.39, 0.29) is 24.7 Å². The number of aromatic nitrogens is 1. The fraction of sp³-hybridized carbons (Fsp3) is 0.286. The Labute approximate surface area is 272 Å². The molecule has 1 aromatic rings. The molecule has 4 heterocycles. The van der Waals surface area contributed by atoms with Gasteiger partial charge in [0.05, 0.1) is 22.8 Å². The van der Waals surface area contributed by atoms with Crippen molar-refractivity contribution in [2.75, 3.05) is 14.2 Å². The number of H-pyrrole nitrogens is 1. The van der Waals surface area contributed by atoms with E-state index in [1.165, 1.54) is 14.2 Å². The lowest BCUT2D eigenvalue weighted by molar-refractivity contribution is -0.149. The van der Waals surface area contributed by atoms with Crippen molar-refractivity contribution in [3.05, 3.63) is 104 Å². The Hall–Kier alpha value is -5.33. The molecule has 47 heavy (non-hydrogen) atoms. The highest BCUT2D eigenvalue weighted by Gasteiger charge is 2.30. The van der Waals surface area contributed by atoms with E-state index in [1.54, 1.807) is 51.2 Å². The molecule has 0 fully saturated rings. The van der Waals surface area contributed by atoms with E-state index in [9.17, 15) is 29.4 Å². The van der Waals surface area contributed by atoms with E-state index >= 15 is 0 Å². The van der Waals surface area contributed by atoms with Crippen LogP contribution in [0.2, 0.25) is 0 Å². The quantitative estimate of drug-likeness (QED) is 0.214. The number of nitrogens with zero attached hydrogens (tertiary/aromatic N) is 1. The molecule has 0 radical (unpaired) electrons. The van der Waals surface area contributed by atoms with Crippen LogP contribution in [0.4, 0.5) is 0 Å². The van der Waals surface area contributed by atoms with Gasteiger partial charge < -0.3 is 35.3 Å². The minimum Gasteiger partial charge on any atom is -0.479 e. The number of hydrogen-bond acceptors (Lipinski definition) is 7. The fourth-order valence-corrected chi connectivity index (χ4v) is 5.66. The van der Waals surface area contributed by atoms with Gasteiger partial charge in [0.1, 0.15) is 0 Å². The predicted octanol–water partition coefficient (Wildman–Crippen LogP) is 4.06. The van der Waals surface area contributed by atoms with Gasteiger partial charge in [-0.05, 0) is 68.2 Å². The molecule has 0 aromatic carbocycles. The normalized spacial score (nSPS) is 20.4. The van der Waals surface area contributed by atoms with Crippen LogP contribution < -0.4 is 10.6 Å². The lowest BCUT2D eigenvalue weighted by Crippen LogP contribution is -2.25. The van der Waals surface area contributed by atoms with Gasteiger partial charge in [0, 0.05) is 60.7 Å². The van der Waals surface area contributed by atoms with Gasteiger partial charge in [-0.15, -0.1) is 0 Å². The van der Waals surface area contributed by atoms with E-state index in [0.29, 0.717) is 78.8 Å². The van der Waals surface area contributed by atoms with Crippen LogP contribution in [0.3, 0.4) is 0 Å². The van der Waals surface area contributed by atoms with Gasteiger partial charge in [-0.25, -0.2) is 14.6 Å². The molecule has 2 amide bonds. The zero-order valence-electron chi connectivity index (χ0n) is 27.2. The highest BCUT2D eigenvalue weighted by molar-refractivity contribution is 6.14. The summed E-state index contributed by atoms with van der Waals surface area (Å²) in [5.41, 5.74) is 7.99. The standard InChI is InChI=1S/C35H38N4O8/c1-9-20-18(5)32(40)38-26(20)13-24-16(3)22(11-30(46-7)34(42)43)28(36-24)15-29-23(12-31(47-8)35(44)45)17(4)25(37-29)14-27-21(10-2)19(6)33(41)39-27/h9-10,13-15,30-31,36H,1-2,11-12H2,3-8H3,(H,38,40)(H,39,41)(H,42,43)(H,44,45)/b26-13-,27-14-,29-15?. The molecule has 246 valence electrons. The maximum atomic E-state index is 12.4.